The van der Waals surface area contributed by atoms with E-state index in [9.17, 15) is 4.39 Å². The molecular weight excluding hydrogens is 275 g/mol. The van der Waals surface area contributed by atoms with E-state index in [1.54, 1.807) is 18.2 Å². The van der Waals surface area contributed by atoms with Crippen molar-refractivity contribution >= 4 is 33.3 Å². The Morgan fingerprint density at radius 1 is 1.25 bits per heavy atom. The smallest absolute Gasteiger partial charge is 0.139 e. The highest BCUT2D eigenvalue weighted by Gasteiger charge is 2.01. The molecule has 0 aliphatic heterocycles. The van der Waals surface area contributed by atoms with E-state index >= 15 is 0 Å². The lowest BCUT2D eigenvalue weighted by atomic mass is 10.3. The summed E-state index contributed by atoms with van der Waals surface area (Å²) in [6.07, 6.45) is 1.34. The third-order valence-electron chi connectivity index (χ3n) is 1.88. The standard InChI is InChI=1S/C10H8BrFN4/c11-7-2-1-6(3-8(7)12)16-10-4-9(13)14-5-15-10/h1-5H,(H3,13,14,15,16). The minimum absolute atomic E-state index is 0.341. The topological polar surface area (TPSA) is 63.8 Å². The molecule has 1 heterocycles. The van der Waals surface area contributed by atoms with Gasteiger partial charge in [0.25, 0.3) is 0 Å². The average molecular weight is 283 g/mol. The highest BCUT2D eigenvalue weighted by molar-refractivity contribution is 9.10. The van der Waals surface area contributed by atoms with Crippen molar-refractivity contribution in [1.82, 2.24) is 9.97 Å². The first-order valence-corrected chi connectivity index (χ1v) is 5.24. The lowest BCUT2D eigenvalue weighted by molar-refractivity contribution is 0.622. The van der Waals surface area contributed by atoms with Crippen molar-refractivity contribution in [3.63, 3.8) is 0 Å². The number of halogens is 2. The van der Waals surface area contributed by atoms with Gasteiger partial charge in [-0.15, -0.1) is 0 Å². The Balaban J connectivity index is 2.24. The maximum atomic E-state index is 13.2. The fourth-order valence-corrected chi connectivity index (χ4v) is 1.41. The molecule has 2 aromatic rings. The second-order valence-corrected chi connectivity index (χ2v) is 3.94. The number of aromatic nitrogens is 2. The summed E-state index contributed by atoms with van der Waals surface area (Å²) in [7, 11) is 0. The van der Waals surface area contributed by atoms with Crippen molar-refractivity contribution in [2.24, 2.45) is 0 Å². The summed E-state index contributed by atoms with van der Waals surface area (Å²) in [5, 5.41) is 2.92. The number of nitrogens with one attached hydrogen (secondary N) is 1. The molecular formula is C10H8BrFN4. The number of nitrogens with two attached hydrogens (primary N) is 1. The molecule has 0 atom stereocenters. The average Bonchev–Trinajstić information content (AvgIpc) is 2.24. The number of benzene rings is 1. The number of nitrogen functional groups attached to an aromatic ring is 1. The molecule has 2 rings (SSSR count). The lowest BCUT2D eigenvalue weighted by Gasteiger charge is -2.06. The van der Waals surface area contributed by atoms with Gasteiger partial charge in [0.15, 0.2) is 0 Å². The normalized spacial score (nSPS) is 10.1. The van der Waals surface area contributed by atoms with Crippen LogP contribution in [-0.2, 0) is 0 Å². The van der Waals surface area contributed by atoms with Gasteiger partial charge < -0.3 is 11.1 Å². The van der Waals surface area contributed by atoms with Crippen LogP contribution in [0.3, 0.4) is 0 Å². The van der Waals surface area contributed by atoms with Gasteiger partial charge in [0.05, 0.1) is 4.47 Å². The SMILES string of the molecule is Nc1cc(Nc2ccc(Br)c(F)c2)ncn1. The maximum Gasteiger partial charge on any atom is 0.139 e. The lowest BCUT2D eigenvalue weighted by Crippen LogP contribution is -1.97. The summed E-state index contributed by atoms with van der Waals surface area (Å²) in [5.41, 5.74) is 6.09. The highest BCUT2D eigenvalue weighted by Crippen LogP contribution is 2.21. The minimum atomic E-state index is -0.341. The van der Waals surface area contributed by atoms with Crippen LogP contribution >= 0.6 is 15.9 Å². The molecule has 0 fully saturated rings. The quantitative estimate of drug-likeness (QED) is 0.889. The van der Waals surface area contributed by atoms with Crippen LogP contribution in [-0.4, -0.2) is 9.97 Å². The van der Waals surface area contributed by atoms with E-state index < -0.39 is 0 Å². The second kappa shape index (κ2) is 4.44. The predicted octanol–water partition coefficient (Wildman–Crippen LogP) is 2.70. The van der Waals surface area contributed by atoms with Crippen molar-refractivity contribution in [3.05, 3.63) is 40.9 Å². The second-order valence-electron chi connectivity index (χ2n) is 3.08. The van der Waals surface area contributed by atoms with Gasteiger partial charge in [0, 0.05) is 11.8 Å². The molecule has 1 aromatic carbocycles. The number of hydrogen-bond donors (Lipinski definition) is 2. The van der Waals surface area contributed by atoms with Gasteiger partial charge >= 0.3 is 0 Å². The van der Waals surface area contributed by atoms with Crippen molar-refractivity contribution < 1.29 is 4.39 Å². The first-order valence-electron chi connectivity index (χ1n) is 4.45. The van der Waals surface area contributed by atoms with Gasteiger partial charge in [0.2, 0.25) is 0 Å². The van der Waals surface area contributed by atoms with Crippen molar-refractivity contribution in [3.8, 4) is 0 Å². The molecule has 0 spiro atoms. The maximum absolute atomic E-state index is 13.2. The monoisotopic (exact) mass is 282 g/mol. The van der Waals surface area contributed by atoms with Crippen LogP contribution in [0.25, 0.3) is 0 Å². The van der Waals surface area contributed by atoms with E-state index in [1.807, 2.05) is 0 Å². The molecule has 0 saturated carbocycles. The van der Waals surface area contributed by atoms with Crippen LogP contribution in [0, 0.1) is 5.82 Å². The highest BCUT2D eigenvalue weighted by atomic mass is 79.9. The zero-order valence-corrected chi connectivity index (χ0v) is 9.70. The van der Waals surface area contributed by atoms with Gasteiger partial charge in [-0.3, -0.25) is 0 Å². The predicted molar refractivity (Wildman–Crippen MR) is 63.8 cm³/mol. The van der Waals surface area contributed by atoms with Gasteiger partial charge in [-0.2, -0.15) is 0 Å². The molecule has 0 amide bonds. The summed E-state index contributed by atoms with van der Waals surface area (Å²) in [6, 6.07) is 6.27. The van der Waals surface area contributed by atoms with E-state index in [4.69, 9.17) is 5.73 Å². The van der Waals surface area contributed by atoms with E-state index in [1.165, 1.54) is 12.4 Å². The molecule has 1 aromatic heterocycles. The molecule has 6 heteroatoms. The van der Waals surface area contributed by atoms with E-state index in [-0.39, 0.29) is 5.82 Å². The molecule has 4 nitrogen and oxygen atoms in total. The van der Waals surface area contributed by atoms with Gasteiger partial charge in [0.1, 0.15) is 23.8 Å². The molecule has 16 heavy (non-hydrogen) atoms. The fourth-order valence-electron chi connectivity index (χ4n) is 1.16. The van der Waals surface area contributed by atoms with Crippen LogP contribution in [0.1, 0.15) is 0 Å². The molecule has 82 valence electrons. The summed E-state index contributed by atoms with van der Waals surface area (Å²) in [5.74, 6) is 0.538. The number of nitrogens with zero attached hydrogens (tertiary/aromatic N) is 2. The van der Waals surface area contributed by atoms with Crippen molar-refractivity contribution in [2.45, 2.75) is 0 Å². The molecule has 0 radical (unpaired) electrons. The third-order valence-corrected chi connectivity index (χ3v) is 2.52. The summed E-state index contributed by atoms with van der Waals surface area (Å²) < 4.78 is 13.6. The Hall–Kier alpha value is -1.69. The Morgan fingerprint density at radius 2 is 2.06 bits per heavy atom. The zero-order chi connectivity index (χ0) is 11.5. The Morgan fingerprint density at radius 3 is 2.75 bits per heavy atom. The first kappa shape index (κ1) is 10.8. The molecule has 0 bridgehead atoms. The largest absolute Gasteiger partial charge is 0.384 e. The van der Waals surface area contributed by atoms with Crippen LogP contribution in [0.4, 0.5) is 21.7 Å². The van der Waals surface area contributed by atoms with Gasteiger partial charge in [-0.1, -0.05) is 0 Å². The van der Waals surface area contributed by atoms with Gasteiger partial charge in [-0.05, 0) is 34.1 Å². The van der Waals surface area contributed by atoms with Crippen LogP contribution < -0.4 is 11.1 Å². The molecule has 0 saturated heterocycles. The number of hydrogen-bond acceptors (Lipinski definition) is 4. The van der Waals surface area contributed by atoms with E-state index in [0.717, 1.165) is 0 Å². The number of anilines is 3. The van der Waals surface area contributed by atoms with Crippen molar-refractivity contribution in [2.75, 3.05) is 11.1 Å². The van der Waals surface area contributed by atoms with Crippen LogP contribution in [0.2, 0.25) is 0 Å². The van der Waals surface area contributed by atoms with E-state index in [0.29, 0.717) is 21.8 Å². The summed E-state index contributed by atoms with van der Waals surface area (Å²) in [6.45, 7) is 0. The molecule has 0 unspecified atom stereocenters. The third kappa shape index (κ3) is 2.46. The molecule has 0 aliphatic rings. The Kier molecular flexibility index (Phi) is 3.00. The molecule has 0 aliphatic carbocycles. The van der Waals surface area contributed by atoms with Crippen molar-refractivity contribution in [1.29, 1.82) is 0 Å². The van der Waals surface area contributed by atoms with Crippen LogP contribution in [0.5, 0.6) is 0 Å². The van der Waals surface area contributed by atoms with Gasteiger partial charge in [-0.25, -0.2) is 14.4 Å². The fraction of sp³-hybridized carbons (Fsp3) is 0. The zero-order valence-electron chi connectivity index (χ0n) is 8.11. The molecule has 3 N–H and O–H groups in total. The number of rotatable bonds is 2. The first-order chi connectivity index (χ1) is 7.65. The van der Waals surface area contributed by atoms with Crippen LogP contribution in [0.15, 0.2) is 35.1 Å². The Labute approximate surface area is 99.9 Å². The Bertz CT molecular complexity index is 518. The summed E-state index contributed by atoms with van der Waals surface area (Å²) in [4.78, 5) is 7.71. The summed E-state index contributed by atoms with van der Waals surface area (Å²) >= 11 is 3.08. The minimum Gasteiger partial charge on any atom is -0.384 e. The van der Waals surface area contributed by atoms with E-state index in [2.05, 4.69) is 31.2 Å².